The highest BCUT2D eigenvalue weighted by atomic mass is 16.5. The smallest absolute Gasteiger partial charge is 0.333 e. The number of nitrogens with one attached hydrogen (secondary N) is 1. The summed E-state index contributed by atoms with van der Waals surface area (Å²) in [5.41, 5.74) is 0.477. The van der Waals surface area contributed by atoms with E-state index in [2.05, 4.69) is 17.1 Å². The summed E-state index contributed by atoms with van der Waals surface area (Å²) in [4.78, 5) is 42.4. The molecule has 0 aromatic rings. The van der Waals surface area contributed by atoms with Gasteiger partial charge in [-0.2, -0.15) is 0 Å². The number of hydrogen-bond donors (Lipinski definition) is 1. The minimum atomic E-state index is -0.623. The van der Waals surface area contributed by atoms with E-state index in [0.29, 0.717) is 18.1 Å². The number of esters is 1. The molecule has 7 heteroatoms. The Morgan fingerprint density at radius 3 is 2.22 bits per heavy atom. The summed E-state index contributed by atoms with van der Waals surface area (Å²) in [6, 6.07) is -1.11. The largest absolute Gasteiger partial charge is 0.463 e. The second-order valence-electron chi connectivity index (χ2n) is 9.79. The Hall–Kier alpha value is -1.89. The van der Waals surface area contributed by atoms with Gasteiger partial charge in [0.15, 0.2) is 0 Å². The second kappa shape index (κ2) is 13.0. The maximum Gasteiger partial charge on any atom is 0.333 e. The van der Waals surface area contributed by atoms with Crippen LogP contribution in [-0.4, -0.2) is 73.0 Å². The number of hydrogen-bond acceptors (Lipinski definition) is 5. The van der Waals surface area contributed by atoms with Crippen molar-refractivity contribution >= 4 is 17.8 Å². The van der Waals surface area contributed by atoms with Gasteiger partial charge in [0.25, 0.3) is 0 Å². The van der Waals surface area contributed by atoms with E-state index >= 15 is 0 Å². The fraction of sp³-hybridized carbons (Fsp3) is 0.800. The Kier molecular flexibility index (Phi) is 11.4. The predicted octanol–water partition coefficient (Wildman–Crippen LogP) is 3.24. The van der Waals surface area contributed by atoms with Crippen LogP contribution in [0.5, 0.6) is 0 Å². The molecule has 1 fully saturated rings. The number of likely N-dealkylation sites (N-methyl/N-ethyl adjacent to an activating group) is 2. The minimum absolute atomic E-state index is 0.0610. The van der Waals surface area contributed by atoms with Crippen LogP contribution in [0.15, 0.2) is 11.6 Å². The molecule has 1 heterocycles. The predicted molar refractivity (Wildman–Crippen MR) is 128 cm³/mol. The van der Waals surface area contributed by atoms with Crippen molar-refractivity contribution in [3.63, 3.8) is 0 Å². The van der Waals surface area contributed by atoms with Crippen molar-refractivity contribution in [3.8, 4) is 0 Å². The van der Waals surface area contributed by atoms with Crippen LogP contribution in [0.25, 0.3) is 0 Å². The zero-order valence-corrected chi connectivity index (χ0v) is 21.6. The van der Waals surface area contributed by atoms with E-state index in [9.17, 15) is 14.4 Å². The first-order valence-electron chi connectivity index (χ1n) is 12.1. The van der Waals surface area contributed by atoms with Gasteiger partial charge >= 0.3 is 5.97 Å². The van der Waals surface area contributed by atoms with Crippen LogP contribution in [0, 0.1) is 17.8 Å². The molecular formula is C25H45N3O4. The first-order valence-corrected chi connectivity index (χ1v) is 12.1. The maximum atomic E-state index is 13.5. The van der Waals surface area contributed by atoms with Gasteiger partial charge in [0.05, 0.1) is 18.7 Å². The molecule has 184 valence electrons. The number of carbonyl (C=O) groups is 3. The van der Waals surface area contributed by atoms with Crippen molar-refractivity contribution in [2.24, 2.45) is 17.8 Å². The van der Waals surface area contributed by atoms with Gasteiger partial charge in [0, 0.05) is 19.2 Å². The molecule has 1 saturated heterocycles. The summed E-state index contributed by atoms with van der Waals surface area (Å²) >= 11 is 0. The van der Waals surface area contributed by atoms with Gasteiger partial charge in [-0.3, -0.25) is 14.5 Å². The summed E-state index contributed by atoms with van der Waals surface area (Å²) < 4.78 is 5.08. The first-order chi connectivity index (χ1) is 14.9. The average molecular weight is 452 g/mol. The van der Waals surface area contributed by atoms with Gasteiger partial charge in [-0.15, -0.1) is 0 Å². The molecule has 1 aliphatic heterocycles. The molecule has 1 aliphatic rings. The molecule has 0 aromatic carbocycles. The summed E-state index contributed by atoms with van der Waals surface area (Å²) in [6.07, 6.45) is 4.75. The molecule has 0 spiro atoms. The number of ether oxygens (including phenoxy) is 1. The number of likely N-dealkylation sites (tertiary alicyclic amines) is 1. The number of carbonyl (C=O) groups excluding carboxylic acids is 3. The van der Waals surface area contributed by atoms with Crippen molar-refractivity contribution < 1.29 is 19.1 Å². The normalized spacial score (nSPS) is 21.9. The SMILES string of the molecule is CCOC(=O)/C(C)=C/[C@H](C(C)C)N(C)C(=O)C(NC(=O)C1CCC(CC)CN1C)C(C)C. The fourth-order valence-electron chi connectivity index (χ4n) is 4.35. The van der Waals surface area contributed by atoms with E-state index in [-0.39, 0.29) is 41.7 Å². The highest BCUT2D eigenvalue weighted by molar-refractivity contribution is 5.91. The number of nitrogens with zero attached hydrogens (tertiary/aromatic N) is 2. The van der Waals surface area contributed by atoms with Crippen LogP contribution < -0.4 is 5.32 Å². The monoisotopic (exact) mass is 451 g/mol. The summed E-state index contributed by atoms with van der Waals surface area (Å²) in [5, 5.41) is 3.04. The lowest BCUT2D eigenvalue weighted by Gasteiger charge is -2.38. The van der Waals surface area contributed by atoms with Gasteiger partial charge in [0.2, 0.25) is 11.8 Å². The third-order valence-corrected chi connectivity index (χ3v) is 6.53. The van der Waals surface area contributed by atoms with Crippen LogP contribution in [0.1, 0.15) is 67.7 Å². The van der Waals surface area contributed by atoms with Gasteiger partial charge in [0.1, 0.15) is 6.04 Å². The Morgan fingerprint density at radius 2 is 1.75 bits per heavy atom. The molecule has 1 rings (SSSR count). The molecule has 0 aliphatic carbocycles. The van der Waals surface area contributed by atoms with E-state index in [0.717, 1.165) is 25.8 Å². The van der Waals surface area contributed by atoms with E-state index in [1.54, 1.807) is 31.9 Å². The molecular weight excluding hydrogens is 406 g/mol. The van der Waals surface area contributed by atoms with Crippen LogP contribution in [0.3, 0.4) is 0 Å². The quantitative estimate of drug-likeness (QED) is 0.407. The van der Waals surface area contributed by atoms with Gasteiger partial charge in [-0.25, -0.2) is 4.79 Å². The molecule has 3 unspecified atom stereocenters. The lowest BCUT2D eigenvalue weighted by atomic mass is 9.90. The molecule has 0 bridgehead atoms. The standard InChI is InChI=1S/C25H45N3O4/c1-10-19-12-13-20(27(8)15-19)23(29)26-22(17(5)6)24(30)28(9)21(16(3)4)14-18(7)25(31)32-11-2/h14,16-17,19-22H,10-13,15H2,1-9H3,(H,26,29)/b18-14+/t19?,20?,21-,22?/m1/s1. The van der Waals surface area contributed by atoms with Crippen LogP contribution in [0.4, 0.5) is 0 Å². The average Bonchev–Trinajstić information content (AvgIpc) is 2.73. The van der Waals surface area contributed by atoms with Gasteiger partial charge in [-0.1, -0.05) is 47.1 Å². The summed E-state index contributed by atoms with van der Waals surface area (Å²) in [6.45, 7) is 14.8. The first kappa shape index (κ1) is 28.1. The summed E-state index contributed by atoms with van der Waals surface area (Å²) in [5.74, 6) is 0.0468. The Balaban J connectivity index is 2.99. The zero-order valence-electron chi connectivity index (χ0n) is 21.6. The molecule has 32 heavy (non-hydrogen) atoms. The summed E-state index contributed by atoms with van der Waals surface area (Å²) in [7, 11) is 3.73. The highest BCUT2D eigenvalue weighted by Gasteiger charge is 2.35. The van der Waals surface area contributed by atoms with Crippen molar-refractivity contribution in [3.05, 3.63) is 11.6 Å². The Bertz CT molecular complexity index is 674. The van der Waals surface area contributed by atoms with E-state index in [4.69, 9.17) is 4.74 Å². The minimum Gasteiger partial charge on any atom is -0.463 e. The molecule has 2 amide bonds. The molecule has 1 N–H and O–H groups in total. The van der Waals surface area contributed by atoms with Crippen molar-refractivity contribution in [1.29, 1.82) is 0 Å². The third-order valence-electron chi connectivity index (χ3n) is 6.53. The molecule has 4 atom stereocenters. The molecule has 0 saturated carbocycles. The highest BCUT2D eigenvalue weighted by Crippen LogP contribution is 2.24. The van der Waals surface area contributed by atoms with Crippen LogP contribution >= 0.6 is 0 Å². The number of rotatable bonds is 10. The lowest BCUT2D eigenvalue weighted by Crippen LogP contribution is -2.58. The molecule has 0 aromatic heterocycles. The van der Waals surface area contributed by atoms with E-state index in [1.165, 1.54) is 0 Å². The number of piperidine rings is 1. The van der Waals surface area contributed by atoms with Crippen molar-refractivity contribution in [2.75, 3.05) is 27.2 Å². The third kappa shape index (κ3) is 7.61. The molecule has 0 radical (unpaired) electrons. The fourth-order valence-corrected chi connectivity index (χ4v) is 4.35. The second-order valence-corrected chi connectivity index (χ2v) is 9.79. The Labute approximate surface area is 194 Å². The van der Waals surface area contributed by atoms with Gasteiger partial charge < -0.3 is 15.0 Å². The lowest BCUT2D eigenvalue weighted by molar-refractivity contribution is -0.140. The van der Waals surface area contributed by atoms with Gasteiger partial charge in [-0.05, 0) is 51.5 Å². The molecule has 7 nitrogen and oxygen atoms in total. The Morgan fingerprint density at radius 1 is 1.12 bits per heavy atom. The maximum absolute atomic E-state index is 13.5. The van der Waals surface area contributed by atoms with E-state index < -0.39 is 6.04 Å². The van der Waals surface area contributed by atoms with Crippen molar-refractivity contribution in [2.45, 2.75) is 85.9 Å². The number of amides is 2. The topological polar surface area (TPSA) is 79.0 Å². The van der Waals surface area contributed by atoms with E-state index in [1.807, 2.05) is 34.7 Å². The van der Waals surface area contributed by atoms with Crippen LogP contribution in [-0.2, 0) is 19.1 Å². The zero-order chi connectivity index (χ0) is 24.6. The van der Waals surface area contributed by atoms with Crippen molar-refractivity contribution in [1.82, 2.24) is 15.1 Å². The van der Waals surface area contributed by atoms with Crippen LogP contribution in [0.2, 0.25) is 0 Å².